The Balaban J connectivity index is 1.87. The Hall–Kier alpha value is -3.15. The van der Waals surface area contributed by atoms with Gasteiger partial charge in [-0.05, 0) is 17.7 Å². The maximum atomic E-state index is 12.4. The molecule has 0 saturated carbocycles. The third-order valence-corrected chi connectivity index (χ3v) is 3.50. The number of hydrogen-bond donors (Lipinski definition) is 0. The molecule has 2 aromatic carbocycles. The van der Waals surface area contributed by atoms with E-state index in [1.807, 2.05) is 30.3 Å². The normalized spacial score (nSPS) is 13.5. The molecular formula is C17H14N2O4. The standard InChI is InChI=1S/C17H14N2O4/c20-17(9-6-13-4-2-1-3-5-13)18-10-11-23-16-8-7-14(19(21)22)12-15(16)18/h1-9,12H,10-11H2/b9-6+. The molecule has 1 aliphatic heterocycles. The molecule has 0 fully saturated rings. The molecular weight excluding hydrogens is 296 g/mol. The maximum Gasteiger partial charge on any atom is 0.271 e. The zero-order valence-corrected chi connectivity index (χ0v) is 12.2. The van der Waals surface area contributed by atoms with E-state index in [-0.39, 0.29) is 11.6 Å². The molecule has 0 spiro atoms. The van der Waals surface area contributed by atoms with Crippen LogP contribution in [0.2, 0.25) is 0 Å². The summed E-state index contributed by atoms with van der Waals surface area (Å²) in [7, 11) is 0. The second kappa shape index (κ2) is 6.31. The Morgan fingerprint density at radius 3 is 2.74 bits per heavy atom. The van der Waals surface area contributed by atoms with Crippen LogP contribution in [-0.4, -0.2) is 24.0 Å². The molecule has 6 heteroatoms. The average molecular weight is 310 g/mol. The Bertz CT molecular complexity index is 771. The van der Waals surface area contributed by atoms with Crippen LogP contribution in [0.25, 0.3) is 6.08 Å². The van der Waals surface area contributed by atoms with Gasteiger partial charge in [-0.15, -0.1) is 0 Å². The number of amides is 1. The Morgan fingerprint density at radius 2 is 2.00 bits per heavy atom. The van der Waals surface area contributed by atoms with E-state index in [2.05, 4.69) is 0 Å². The lowest BCUT2D eigenvalue weighted by Crippen LogP contribution is -2.36. The van der Waals surface area contributed by atoms with E-state index in [1.165, 1.54) is 29.2 Å². The van der Waals surface area contributed by atoms with Crippen molar-refractivity contribution in [2.24, 2.45) is 0 Å². The number of nitro groups is 1. The van der Waals surface area contributed by atoms with Crippen LogP contribution in [0.15, 0.2) is 54.6 Å². The zero-order chi connectivity index (χ0) is 16.2. The summed E-state index contributed by atoms with van der Waals surface area (Å²) in [5.41, 5.74) is 1.26. The van der Waals surface area contributed by atoms with Crippen molar-refractivity contribution in [2.75, 3.05) is 18.1 Å². The number of nitrogens with zero attached hydrogens (tertiary/aromatic N) is 2. The van der Waals surface area contributed by atoms with Gasteiger partial charge in [0.25, 0.3) is 11.6 Å². The number of anilines is 1. The lowest BCUT2D eigenvalue weighted by Gasteiger charge is -2.28. The van der Waals surface area contributed by atoms with Crippen molar-refractivity contribution in [3.8, 4) is 5.75 Å². The number of ether oxygens (including phenoxy) is 1. The fourth-order valence-corrected chi connectivity index (χ4v) is 2.37. The topological polar surface area (TPSA) is 72.7 Å². The van der Waals surface area contributed by atoms with Crippen molar-refractivity contribution in [2.45, 2.75) is 0 Å². The number of carbonyl (C=O) groups is 1. The van der Waals surface area contributed by atoms with Crippen LogP contribution in [-0.2, 0) is 4.79 Å². The van der Waals surface area contributed by atoms with Crippen molar-refractivity contribution < 1.29 is 14.5 Å². The molecule has 0 aromatic heterocycles. The zero-order valence-electron chi connectivity index (χ0n) is 12.2. The molecule has 0 aliphatic carbocycles. The second-order valence-corrected chi connectivity index (χ2v) is 4.99. The molecule has 0 saturated heterocycles. The molecule has 0 bridgehead atoms. The molecule has 0 N–H and O–H groups in total. The third kappa shape index (κ3) is 3.21. The van der Waals surface area contributed by atoms with Gasteiger partial charge in [-0.1, -0.05) is 30.3 Å². The summed E-state index contributed by atoms with van der Waals surface area (Å²) < 4.78 is 5.46. The summed E-state index contributed by atoms with van der Waals surface area (Å²) in [6.07, 6.45) is 3.18. The van der Waals surface area contributed by atoms with Crippen LogP contribution in [0, 0.1) is 10.1 Å². The Morgan fingerprint density at radius 1 is 1.22 bits per heavy atom. The van der Waals surface area contributed by atoms with Gasteiger partial charge in [-0.3, -0.25) is 14.9 Å². The number of hydrogen-bond acceptors (Lipinski definition) is 4. The molecule has 23 heavy (non-hydrogen) atoms. The smallest absolute Gasteiger partial charge is 0.271 e. The van der Waals surface area contributed by atoms with E-state index in [0.717, 1.165) is 5.56 Å². The lowest BCUT2D eigenvalue weighted by atomic mass is 10.2. The third-order valence-electron chi connectivity index (χ3n) is 3.50. The minimum atomic E-state index is -0.489. The van der Waals surface area contributed by atoms with Gasteiger partial charge in [-0.25, -0.2) is 0 Å². The predicted molar refractivity (Wildman–Crippen MR) is 86.4 cm³/mol. The number of fused-ring (bicyclic) bond motifs is 1. The molecule has 1 aliphatic rings. The summed E-state index contributed by atoms with van der Waals surface area (Å²) in [6, 6.07) is 13.7. The first-order valence-electron chi connectivity index (χ1n) is 7.11. The fourth-order valence-electron chi connectivity index (χ4n) is 2.37. The SMILES string of the molecule is O=C(/C=C/c1ccccc1)N1CCOc2ccc([N+](=O)[O-])cc21. The van der Waals surface area contributed by atoms with Gasteiger partial charge in [-0.2, -0.15) is 0 Å². The van der Waals surface area contributed by atoms with E-state index in [1.54, 1.807) is 6.08 Å². The van der Waals surface area contributed by atoms with Crippen LogP contribution >= 0.6 is 0 Å². The predicted octanol–water partition coefficient (Wildman–Crippen LogP) is 3.03. The summed E-state index contributed by atoms with van der Waals surface area (Å²) in [5.74, 6) is 0.238. The maximum absolute atomic E-state index is 12.4. The second-order valence-electron chi connectivity index (χ2n) is 4.99. The first kappa shape index (κ1) is 14.8. The lowest BCUT2D eigenvalue weighted by molar-refractivity contribution is -0.384. The van der Waals surface area contributed by atoms with E-state index in [9.17, 15) is 14.9 Å². The molecule has 1 heterocycles. The summed E-state index contributed by atoms with van der Waals surface area (Å²) >= 11 is 0. The van der Waals surface area contributed by atoms with E-state index < -0.39 is 4.92 Å². The van der Waals surface area contributed by atoms with Crippen molar-refractivity contribution >= 4 is 23.4 Å². The van der Waals surface area contributed by atoms with Gasteiger partial charge in [0.15, 0.2) is 0 Å². The van der Waals surface area contributed by atoms with Gasteiger partial charge in [0.2, 0.25) is 0 Å². The molecule has 0 unspecified atom stereocenters. The molecule has 6 nitrogen and oxygen atoms in total. The number of carbonyl (C=O) groups excluding carboxylic acids is 1. The molecule has 3 rings (SSSR count). The minimum absolute atomic E-state index is 0.0703. The minimum Gasteiger partial charge on any atom is -0.490 e. The van der Waals surface area contributed by atoms with Gasteiger partial charge < -0.3 is 9.64 Å². The van der Waals surface area contributed by atoms with E-state index in [0.29, 0.717) is 24.6 Å². The van der Waals surface area contributed by atoms with E-state index >= 15 is 0 Å². The Kier molecular flexibility index (Phi) is 4.05. The molecule has 1 amide bonds. The Labute approximate surface area is 132 Å². The highest BCUT2D eigenvalue weighted by Gasteiger charge is 2.24. The van der Waals surface area contributed by atoms with Crippen molar-refractivity contribution in [3.63, 3.8) is 0 Å². The fraction of sp³-hybridized carbons (Fsp3) is 0.118. The van der Waals surface area contributed by atoms with Gasteiger partial charge in [0, 0.05) is 18.2 Å². The number of rotatable bonds is 3. The average Bonchev–Trinajstić information content (AvgIpc) is 2.59. The largest absolute Gasteiger partial charge is 0.490 e. The van der Waals surface area contributed by atoms with Crippen molar-refractivity contribution in [1.82, 2.24) is 0 Å². The van der Waals surface area contributed by atoms with Gasteiger partial charge >= 0.3 is 0 Å². The molecule has 116 valence electrons. The van der Waals surface area contributed by atoms with Crippen molar-refractivity contribution in [1.29, 1.82) is 0 Å². The highest BCUT2D eigenvalue weighted by atomic mass is 16.6. The number of nitro benzene ring substituents is 1. The highest BCUT2D eigenvalue weighted by molar-refractivity contribution is 6.05. The van der Waals surface area contributed by atoms with Crippen molar-refractivity contribution in [3.05, 3.63) is 70.3 Å². The van der Waals surface area contributed by atoms with Crippen LogP contribution in [0.4, 0.5) is 11.4 Å². The van der Waals surface area contributed by atoms with E-state index in [4.69, 9.17) is 4.74 Å². The number of benzene rings is 2. The first-order chi connectivity index (χ1) is 11.1. The van der Waals surface area contributed by atoms with Gasteiger partial charge in [0.05, 0.1) is 17.2 Å². The number of non-ortho nitro benzene ring substituents is 1. The summed E-state index contributed by atoms with van der Waals surface area (Å²) in [5, 5.41) is 10.9. The van der Waals surface area contributed by atoms with Crippen LogP contribution in [0.1, 0.15) is 5.56 Å². The molecule has 0 atom stereocenters. The summed E-state index contributed by atoms with van der Waals surface area (Å²) in [4.78, 5) is 24.4. The van der Waals surface area contributed by atoms with Gasteiger partial charge in [0.1, 0.15) is 12.4 Å². The molecule has 2 aromatic rings. The molecule has 0 radical (unpaired) electrons. The quantitative estimate of drug-likeness (QED) is 0.496. The highest BCUT2D eigenvalue weighted by Crippen LogP contribution is 2.35. The first-order valence-corrected chi connectivity index (χ1v) is 7.11. The van der Waals surface area contributed by atoms with Crippen LogP contribution < -0.4 is 9.64 Å². The van der Waals surface area contributed by atoms with Crippen LogP contribution in [0.5, 0.6) is 5.75 Å². The summed E-state index contributed by atoms with van der Waals surface area (Å²) in [6.45, 7) is 0.710. The van der Waals surface area contributed by atoms with Crippen LogP contribution in [0.3, 0.4) is 0 Å². The monoisotopic (exact) mass is 310 g/mol.